The van der Waals surface area contributed by atoms with Crippen LogP contribution in [0.25, 0.3) is 0 Å². The van der Waals surface area contributed by atoms with Crippen LogP contribution in [0.5, 0.6) is 0 Å². The van der Waals surface area contributed by atoms with Gasteiger partial charge in [-0.3, -0.25) is 0 Å². The van der Waals surface area contributed by atoms with Crippen molar-refractivity contribution in [3.63, 3.8) is 0 Å². The molecule has 1 rings (SSSR count). The number of benzene rings is 1. The van der Waals surface area contributed by atoms with Crippen molar-refractivity contribution in [3.05, 3.63) is 31.8 Å². The molecule has 1 aromatic rings. The number of halogens is 2. The van der Waals surface area contributed by atoms with Gasteiger partial charge in [-0.1, -0.05) is 18.2 Å². The Bertz CT molecular complexity index is 250. The monoisotopic (exact) mass is 340 g/mol. The Balaban J connectivity index is 2.96. The molecular formula is C8H10BrISi. The highest BCUT2D eigenvalue weighted by Gasteiger charge is 2.00. The van der Waals surface area contributed by atoms with Gasteiger partial charge < -0.3 is 0 Å². The first-order chi connectivity index (χ1) is 5.25. The minimum Gasteiger partial charge on any atom is -0.0618 e. The predicted molar refractivity (Wildman–Crippen MR) is 65.3 cm³/mol. The van der Waals surface area contributed by atoms with E-state index in [1.165, 1.54) is 36.3 Å². The molecule has 0 aliphatic heterocycles. The molecule has 11 heavy (non-hydrogen) atoms. The van der Waals surface area contributed by atoms with Gasteiger partial charge in [0.1, 0.15) is 0 Å². The van der Waals surface area contributed by atoms with Crippen molar-refractivity contribution < 1.29 is 0 Å². The third kappa shape index (κ3) is 2.56. The molecule has 3 heteroatoms. The van der Waals surface area contributed by atoms with Crippen molar-refractivity contribution in [1.82, 2.24) is 0 Å². The van der Waals surface area contributed by atoms with E-state index in [0.29, 0.717) is 0 Å². The standard InChI is InChI=1S/C8H10BrISi/c9-8-6(4-5-11)2-1-3-7(8)10/h1-3H,4-5H2,11H3. The smallest absolute Gasteiger partial charge is 0.0340 e. The maximum Gasteiger partial charge on any atom is 0.0340 e. The van der Waals surface area contributed by atoms with Crippen LogP contribution in [0.1, 0.15) is 5.56 Å². The average Bonchev–Trinajstić information content (AvgIpc) is 1.99. The zero-order chi connectivity index (χ0) is 8.27. The van der Waals surface area contributed by atoms with Gasteiger partial charge in [-0.05, 0) is 56.6 Å². The first-order valence-corrected chi connectivity index (χ1v) is 6.97. The SMILES string of the molecule is [SiH3]CCc1cccc(I)c1Br. The van der Waals surface area contributed by atoms with Gasteiger partial charge in [-0.15, -0.1) is 0 Å². The van der Waals surface area contributed by atoms with Gasteiger partial charge in [0.25, 0.3) is 0 Å². The van der Waals surface area contributed by atoms with Crippen molar-refractivity contribution in [2.75, 3.05) is 0 Å². The molecule has 0 bridgehead atoms. The van der Waals surface area contributed by atoms with Crippen LogP contribution in [0, 0.1) is 3.57 Å². The molecule has 0 saturated carbocycles. The molecule has 0 fully saturated rings. The summed E-state index contributed by atoms with van der Waals surface area (Å²) < 4.78 is 2.60. The second-order valence-electron chi connectivity index (χ2n) is 2.46. The highest BCUT2D eigenvalue weighted by molar-refractivity contribution is 14.1. The highest BCUT2D eigenvalue weighted by Crippen LogP contribution is 2.23. The molecule has 0 radical (unpaired) electrons. The van der Waals surface area contributed by atoms with Crippen LogP contribution >= 0.6 is 38.5 Å². The summed E-state index contributed by atoms with van der Waals surface area (Å²) in [4.78, 5) is 0. The highest BCUT2D eigenvalue weighted by atomic mass is 127. The van der Waals surface area contributed by atoms with E-state index in [-0.39, 0.29) is 0 Å². The Morgan fingerprint density at radius 2 is 2.18 bits per heavy atom. The zero-order valence-electron chi connectivity index (χ0n) is 6.40. The molecule has 60 valence electrons. The van der Waals surface area contributed by atoms with Crippen LogP contribution in [-0.4, -0.2) is 10.2 Å². The van der Waals surface area contributed by atoms with E-state index >= 15 is 0 Å². The Morgan fingerprint density at radius 1 is 1.45 bits per heavy atom. The first kappa shape index (κ1) is 9.73. The maximum absolute atomic E-state index is 3.59. The quantitative estimate of drug-likeness (QED) is 0.573. The maximum atomic E-state index is 3.59. The largest absolute Gasteiger partial charge is 0.0618 e. The molecule has 0 nitrogen and oxygen atoms in total. The number of hydrogen-bond donors (Lipinski definition) is 0. The summed E-state index contributed by atoms with van der Waals surface area (Å²) in [7, 11) is 1.30. The van der Waals surface area contributed by atoms with Crippen molar-refractivity contribution in [2.45, 2.75) is 12.5 Å². The van der Waals surface area contributed by atoms with E-state index in [1.54, 1.807) is 0 Å². The Hall–Kier alpha value is 0.647. The summed E-state index contributed by atoms with van der Waals surface area (Å²) in [6.45, 7) is 0. The topological polar surface area (TPSA) is 0 Å². The lowest BCUT2D eigenvalue weighted by atomic mass is 10.2. The fourth-order valence-corrected chi connectivity index (χ4v) is 2.57. The van der Waals surface area contributed by atoms with Gasteiger partial charge in [0, 0.05) is 18.3 Å². The lowest BCUT2D eigenvalue weighted by molar-refractivity contribution is 1.12. The van der Waals surface area contributed by atoms with Gasteiger partial charge in [0.05, 0.1) is 0 Å². The van der Waals surface area contributed by atoms with Crippen molar-refractivity contribution in [3.8, 4) is 0 Å². The van der Waals surface area contributed by atoms with Crippen LogP contribution in [0.2, 0.25) is 6.04 Å². The second-order valence-corrected chi connectivity index (χ2v) is 5.42. The molecule has 0 unspecified atom stereocenters. The molecule has 0 aliphatic carbocycles. The summed E-state index contributed by atoms with van der Waals surface area (Å²) in [6.07, 6.45) is 1.23. The number of hydrogen-bond acceptors (Lipinski definition) is 0. The molecule has 0 saturated heterocycles. The normalized spacial score (nSPS) is 10.4. The molecule has 0 spiro atoms. The van der Waals surface area contributed by atoms with Gasteiger partial charge in [0.15, 0.2) is 0 Å². The summed E-state index contributed by atoms with van der Waals surface area (Å²) in [5.41, 5.74) is 1.45. The van der Waals surface area contributed by atoms with E-state index in [4.69, 9.17) is 0 Å². The summed E-state index contributed by atoms with van der Waals surface area (Å²) in [6, 6.07) is 7.79. The first-order valence-electron chi connectivity index (χ1n) is 3.68. The molecule has 1 aromatic carbocycles. The zero-order valence-corrected chi connectivity index (χ0v) is 12.1. The van der Waals surface area contributed by atoms with E-state index in [2.05, 4.69) is 56.7 Å². The molecule has 0 N–H and O–H groups in total. The van der Waals surface area contributed by atoms with Crippen LogP contribution < -0.4 is 0 Å². The van der Waals surface area contributed by atoms with Crippen molar-refractivity contribution >= 4 is 48.8 Å². The van der Waals surface area contributed by atoms with Gasteiger partial charge in [-0.25, -0.2) is 0 Å². The molecule has 0 amide bonds. The molecular weight excluding hydrogens is 331 g/mol. The minimum absolute atomic E-state index is 1.23. The van der Waals surface area contributed by atoms with E-state index < -0.39 is 0 Å². The van der Waals surface area contributed by atoms with E-state index in [0.717, 1.165) is 0 Å². The fraction of sp³-hybridized carbons (Fsp3) is 0.250. The van der Waals surface area contributed by atoms with E-state index in [1.807, 2.05) is 0 Å². The van der Waals surface area contributed by atoms with Gasteiger partial charge in [0.2, 0.25) is 0 Å². The second kappa shape index (κ2) is 4.62. The third-order valence-corrected chi connectivity index (χ3v) is 4.63. The lowest BCUT2D eigenvalue weighted by Gasteiger charge is -2.03. The van der Waals surface area contributed by atoms with Crippen LogP contribution in [-0.2, 0) is 6.42 Å². The van der Waals surface area contributed by atoms with Crippen molar-refractivity contribution in [2.24, 2.45) is 0 Å². The minimum atomic E-state index is 1.23. The summed E-state index contributed by atoms with van der Waals surface area (Å²) in [5.74, 6) is 0. The van der Waals surface area contributed by atoms with Crippen LogP contribution in [0.3, 0.4) is 0 Å². The Labute approximate surface area is 92.5 Å². The van der Waals surface area contributed by atoms with E-state index in [9.17, 15) is 0 Å². The average molecular weight is 341 g/mol. The van der Waals surface area contributed by atoms with Crippen LogP contribution in [0.4, 0.5) is 0 Å². The molecule has 0 atom stereocenters. The molecule has 0 aromatic heterocycles. The third-order valence-electron chi connectivity index (χ3n) is 1.55. The summed E-state index contributed by atoms with van der Waals surface area (Å²) in [5, 5.41) is 0. The molecule has 0 heterocycles. The summed E-state index contributed by atoms with van der Waals surface area (Å²) >= 11 is 5.94. The van der Waals surface area contributed by atoms with Gasteiger partial charge in [-0.2, -0.15) is 0 Å². The Morgan fingerprint density at radius 3 is 2.82 bits per heavy atom. The lowest BCUT2D eigenvalue weighted by Crippen LogP contribution is -1.87. The van der Waals surface area contributed by atoms with Crippen LogP contribution in [0.15, 0.2) is 22.7 Å². The Kier molecular flexibility index (Phi) is 4.09. The number of rotatable bonds is 2. The van der Waals surface area contributed by atoms with Gasteiger partial charge >= 0.3 is 0 Å². The molecule has 0 aliphatic rings. The fourth-order valence-electron chi connectivity index (χ4n) is 1.01. The van der Waals surface area contributed by atoms with Crippen molar-refractivity contribution in [1.29, 1.82) is 0 Å². The number of aryl methyl sites for hydroxylation is 1. The predicted octanol–water partition coefficient (Wildman–Crippen LogP) is 2.38.